The lowest BCUT2D eigenvalue weighted by molar-refractivity contribution is -0.144. The first-order valence-corrected chi connectivity index (χ1v) is 3.34. The molecule has 2 radical (unpaired) electrons. The Morgan fingerprint density at radius 1 is 1.46 bits per heavy atom. The van der Waals surface area contributed by atoms with Crippen molar-refractivity contribution < 1.29 is 13.2 Å². The van der Waals surface area contributed by atoms with Crippen LogP contribution in [-0.4, -0.2) is 17.8 Å². The molecule has 1 aromatic heterocycles. The average Bonchev–Trinajstić information content (AvgIpc) is 2.02. The van der Waals surface area contributed by atoms with Crippen molar-refractivity contribution >= 4 is 13.7 Å². The number of halogens is 3. The normalized spacial score (nSPS) is 11.6. The van der Waals surface area contributed by atoms with E-state index in [9.17, 15) is 13.2 Å². The van der Waals surface area contributed by atoms with E-state index >= 15 is 0 Å². The molecular formula is C6H5BF3N3. The molecule has 0 saturated heterocycles. The zero-order valence-corrected chi connectivity index (χ0v) is 6.47. The van der Waals surface area contributed by atoms with Crippen molar-refractivity contribution in [1.82, 2.24) is 9.97 Å². The van der Waals surface area contributed by atoms with Gasteiger partial charge in [-0.15, -0.1) is 0 Å². The fourth-order valence-corrected chi connectivity index (χ4v) is 0.714. The van der Waals surface area contributed by atoms with Crippen LogP contribution in [0, 0.1) is 0 Å². The van der Waals surface area contributed by atoms with Gasteiger partial charge >= 0.3 is 6.18 Å². The fraction of sp³-hybridized carbons (Fsp3) is 0.333. The van der Waals surface area contributed by atoms with E-state index in [1.165, 1.54) is 0 Å². The summed E-state index contributed by atoms with van der Waals surface area (Å²) in [5, 5.41) is 0. The second kappa shape index (κ2) is 3.23. The number of anilines is 1. The monoisotopic (exact) mass is 187 g/mol. The van der Waals surface area contributed by atoms with Crippen molar-refractivity contribution in [3.05, 3.63) is 17.6 Å². The molecule has 0 spiro atoms. The topological polar surface area (TPSA) is 51.8 Å². The van der Waals surface area contributed by atoms with E-state index in [0.29, 0.717) is 5.56 Å². The van der Waals surface area contributed by atoms with Crippen molar-refractivity contribution in [2.75, 3.05) is 5.73 Å². The van der Waals surface area contributed by atoms with Crippen molar-refractivity contribution in [2.24, 2.45) is 0 Å². The summed E-state index contributed by atoms with van der Waals surface area (Å²) in [5.74, 6) is -1.48. The average molecular weight is 187 g/mol. The van der Waals surface area contributed by atoms with Crippen LogP contribution in [0.2, 0.25) is 0 Å². The molecule has 0 aliphatic heterocycles. The molecule has 0 bridgehead atoms. The molecule has 0 saturated carbocycles. The Hall–Kier alpha value is -1.27. The second-order valence-electron chi connectivity index (χ2n) is 2.31. The standard InChI is InChI=1S/C6H5BF3N3/c7-1-3-2-12-5(6(8,9)10)13-4(3)11/h2H,1H2,(H2,11,12,13). The lowest BCUT2D eigenvalue weighted by atomic mass is 9.99. The Morgan fingerprint density at radius 3 is 2.46 bits per heavy atom. The minimum atomic E-state index is -4.57. The van der Waals surface area contributed by atoms with Crippen LogP contribution in [0.5, 0.6) is 0 Å². The Bertz CT molecular complexity index is 312. The molecule has 0 atom stereocenters. The highest BCUT2D eigenvalue weighted by molar-refractivity contribution is 6.08. The van der Waals surface area contributed by atoms with Crippen molar-refractivity contribution in [1.29, 1.82) is 0 Å². The highest BCUT2D eigenvalue weighted by atomic mass is 19.4. The van der Waals surface area contributed by atoms with Gasteiger partial charge in [0.05, 0.1) is 7.85 Å². The molecule has 0 aliphatic carbocycles. The van der Waals surface area contributed by atoms with Crippen LogP contribution in [0.4, 0.5) is 19.0 Å². The quantitative estimate of drug-likeness (QED) is 0.659. The minimum Gasteiger partial charge on any atom is -0.383 e. The van der Waals surface area contributed by atoms with E-state index in [2.05, 4.69) is 9.97 Å². The largest absolute Gasteiger partial charge is 0.451 e. The number of hydrogen-bond acceptors (Lipinski definition) is 3. The molecule has 0 amide bonds. The first-order chi connectivity index (χ1) is 5.95. The first kappa shape index (κ1) is 9.82. The maximum atomic E-state index is 12.0. The van der Waals surface area contributed by atoms with Gasteiger partial charge in [0.1, 0.15) is 5.82 Å². The molecule has 0 fully saturated rings. The van der Waals surface area contributed by atoms with Crippen LogP contribution in [0.3, 0.4) is 0 Å². The van der Waals surface area contributed by atoms with Crippen LogP contribution in [0.15, 0.2) is 6.20 Å². The van der Waals surface area contributed by atoms with Gasteiger partial charge in [0.25, 0.3) is 0 Å². The Labute approximate surface area is 73.6 Å². The van der Waals surface area contributed by atoms with Gasteiger partial charge in [-0.05, 0) is 0 Å². The van der Waals surface area contributed by atoms with E-state index < -0.39 is 12.0 Å². The minimum absolute atomic E-state index is 0.0178. The number of alkyl halides is 3. The summed E-state index contributed by atoms with van der Waals surface area (Å²) in [6.45, 7) is 0. The third-order valence-corrected chi connectivity index (χ3v) is 1.37. The predicted octanol–water partition coefficient (Wildman–Crippen LogP) is 0.746. The van der Waals surface area contributed by atoms with Crippen molar-refractivity contribution in [3.63, 3.8) is 0 Å². The van der Waals surface area contributed by atoms with Gasteiger partial charge in [0, 0.05) is 11.8 Å². The molecule has 1 rings (SSSR count). The van der Waals surface area contributed by atoms with Gasteiger partial charge in [-0.3, -0.25) is 0 Å². The van der Waals surface area contributed by atoms with Crippen molar-refractivity contribution in [3.8, 4) is 0 Å². The van der Waals surface area contributed by atoms with Gasteiger partial charge in [0.2, 0.25) is 5.82 Å². The smallest absolute Gasteiger partial charge is 0.383 e. The predicted molar refractivity (Wildman–Crippen MR) is 40.9 cm³/mol. The van der Waals surface area contributed by atoms with Gasteiger partial charge in [0.15, 0.2) is 0 Å². The molecule has 1 heterocycles. The third-order valence-electron chi connectivity index (χ3n) is 1.37. The van der Waals surface area contributed by atoms with Gasteiger partial charge in [-0.1, -0.05) is 6.32 Å². The van der Waals surface area contributed by atoms with E-state index in [4.69, 9.17) is 13.6 Å². The van der Waals surface area contributed by atoms with E-state index in [-0.39, 0.29) is 12.1 Å². The lowest BCUT2D eigenvalue weighted by Crippen LogP contribution is -2.13. The summed E-state index contributed by atoms with van der Waals surface area (Å²) >= 11 is 0. The van der Waals surface area contributed by atoms with Gasteiger partial charge < -0.3 is 5.73 Å². The zero-order valence-electron chi connectivity index (χ0n) is 6.47. The third kappa shape index (κ3) is 2.10. The zero-order chi connectivity index (χ0) is 10.1. The Morgan fingerprint density at radius 2 is 2.08 bits per heavy atom. The maximum Gasteiger partial charge on any atom is 0.451 e. The number of rotatable bonds is 1. The van der Waals surface area contributed by atoms with Crippen LogP contribution >= 0.6 is 0 Å². The Kier molecular flexibility index (Phi) is 2.44. The van der Waals surface area contributed by atoms with Crippen LogP contribution in [0.1, 0.15) is 11.4 Å². The van der Waals surface area contributed by atoms with E-state index in [1.54, 1.807) is 0 Å². The number of nitrogens with two attached hydrogens (primary N) is 1. The van der Waals surface area contributed by atoms with Gasteiger partial charge in [-0.2, -0.15) is 13.2 Å². The van der Waals surface area contributed by atoms with Crippen LogP contribution in [0.25, 0.3) is 0 Å². The number of hydrogen-bond donors (Lipinski definition) is 1. The van der Waals surface area contributed by atoms with Crippen molar-refractivity contribution in [2.45, 2.75) is 12.5 Å². The van der Waals surface area contributed by atoms with Gasteiger partial charge in [-0.25, -0.2) is 9.97 Å². The number of nitrogens with zero attached hydrogens (tertiary/aromatic N) is 2. The summed E-state index contributed by atoms with van der Waals surface area (Å²) in [5.41, 5.74) is 5.50. The highest BCUT2D eigenvalue weighted by Gasteiger charge is 2.34. The molecule has 13 heavy (non-hydrogen) atoms. The summed E-state index contributed by atoms with van der Waals surface area (Å²) < 4.78 is 36.0. The Balaban J connectivity index is 3.10. The number of nitrogen functional groups attached to an aromatic ring is 1. The molecule has 0 aliphatic rings. The second-order valence-corrected chi connectivity index (χ2v) is 2.31. The molecular weight excluding hydrogens is 182 g/mol. The molecule has 0 unspecified atom stereocenters. The fourth-order valence-electron chi connectivity index (χ4n) is 0.714. The molecule has 3 nitrogen and oxygen atoms in total. The summed E-state index contributed by atoms with van der Waals surface area (Å²) in [6.07, 6.45) is -3.57. The summed E-state index contributed by atoms with van der Waals surface area (Å²) in [6, 6.07) is 0. The molecule has 0 aromatic carbocycles. The summed E-state index contributed by atoms with van der Waals surface area (Å²) in [7, 11) is 5.17. The first-order valence-electron chi connectivity index (χ1n) is 3.34. The molecule has 1 aromatic rings. The molecule has 7 heteroatoms. The molecule has 68 valence electrons. The number of aromatic nitrogens is 2. The maximum absolute atomic E-state index is 12.0. The highest BCUT2D eigenvalue weighted by Crippen LogP contribution is 2.26. The summed E-state index contributed by atoms with van der Waals surface area (Å²) in [4.78, 5) is 6.16. The van der Waals surface area contributed by atoms with E-state index in [0.717, 1.165) is 6.20 Å². The van der Waals surface area contributed by atoms with E-state index in [1.807, 2.05) is 0 Å². The van der Waals surface area contributed by atoms with Crippen LogP contribution < -0.4 is 5.73 Å². The van der Waals surface area contributed by atoms with Crippen LogP contribution in [-0.2, 0) is 12.5 Å². The SMILES string of the molecule is [B]Cc1cnc(C(F)(F)F)nc1N. The molecule has 2 N–H and O–H groups in total. The lowest BCUT2D eigenvalue weighted by Gasteiger charge is -2.06.